The van der Waals surface area contributed by atoms with Crippen LogP contribution in [-0.4, -0.2) is 5.78 Å². The van der Waals surface area contributed by atoms with Crippen molar-refractivity contribution >= 4 is 11.4 Å². The molecule has 0 saturated carbocycles. The molecule has 0 aliphatic heterocycles. The maximum absolute atomic E-state index is 11.4. The molecule has 0 fully saturated rings. The van der Waals surface area contributed by atoms with Gasteiger partial charge in [-0.05, 0) is 29.6 Å². The molecule has 0 spiro atoms. The third kappa shape index (κ3) is 1.92. The van der Waals surface area contributed by atoms with E-state index in [1.54, 1.807) is 6.08 Å². The molecule has 2 rings (SSSR count). The quantitative estimate of drug-likeness (QED) is 0.658. The van der Waals surface area contributed by atoms with Crippen molar-refractivity contribution in [1.29, 1.82) is 0 Å². The molecule has 1 aliphatic rings. The largest absolute Gasteiger partial charge is 0.295 e. The first-order valence-electron chi connectivity index (χ1n) is 5.04. The fourth-order valence-electron chi connectivity index (χ4n) is 1.96. The lowest BCUT2D eigenvalue weighted by molar-refractivity contribution is -0.115. The van der Waals surface area contributed by atoms with Crippen LogP contribution in [0.2, 0.25) is 0 Å². The van der Waals surface area contributed by atoms with Gasteiger partial charge in [0.05, 0.1) is 0 Å². The lowest BCUT2D eigenvalue weighted by Crippen LogP contribution is -2.10. The van der Waals surface area contributed by atoms with Crippen molar-refractivity contribution in [3.63, 3.8) is 0 Å². The van der Waals surface area contributed by atoms with Gasteiger partial charge in [0.2, 0.25) is 0 Å². The second kappa shape index (κ2) is 3.79. The molecule has 1 aliphatic carbocycles. The molecule has 0 N–H and O–H groups in total. The van der Waals surface area contributed by atoms with Gasteiger partial charge in [-0.15, -0.1) is 0 Å². The Kier molecular flexibility index (Phi) is 2.49. The average Bonchev–Trinajstić information content (AvgIpc) is 2.18. The number of carbonyl (C=O) groups excluding carboxylic acids is 1. The molecule has 72 valence electrons. The van der Waals surface area contributed by atoms with Gasteiger partial charge < -0.3 is 0 Å². The first kappa shape index (κ1) is 9.20. The summed E-state index contributed by atoms with van der Waals surface area (Å²) >= 11 is 0. The monoisotopic (exact) mass is 186 g/mol. The van der Waals surface area contributed by atoms with Crippen LogP contribution in [0, 0.1) is 5.92 Å². The molecule has 14 heavy (non-hydrogen) atoms. The Hall–Kier alpha value is -1.37. The maximum atomic E-state index is 11.4. The summed E-state index contributed by atoms with van der Waals surface area (Å²) in [6.45, 7) is 2.13. The predicted octanol–water partition coefficient (Wildman–Crippen LogP) is 3.07. The Morgan fingerprint density at radius 1 is 1.14 bits per heavy atom. The number of hydrogen-bond donors (Lipinski definition) is 0. The van der Waals surface area contributed by atoms with Gasteiger partial charge in [0, 0.05) is 6.42 Å². The number of allylic oxidation sites excluding steroid dienone is 2. The molecule has 1 unspecified atom stereocenters. The number of carbonyl (C=O) groups is 1. The zero-order valence-corrected chi connectivity index (χ0v) is 8.36. The van der Waals surface area contributed by atoms with Gasteiger partial charge >= 0.3 is 0 Å². The summed E-state index contributed by atoms with van der Waals surface area (Å²) in [4.78, 5) is 11.4. The van der Waals surface area contributed by atoms with Gasteiger partial charge in [-0.2, -0.15) is 0 Å². The molecular formula is C13H14O. The zero-order chi connectivity index (χ0) is 9.97. The molecule has 0 amide bonds. The highest BCUT2D eigenvalue weighted by Gasteiger charge is 2.17. The average molecular weight is 186 g/mol. The van der Waals surface area contributed by atoms with Gasteiger partial charge in [-0.3, -0.25) is 4.79 Å². The third-order valence-corrected chi connectivity index (χ3v) is 2.60. The first-order valence-corrected chi connectivity index (χ1v) is 5.04. The molecule has 0 radical (unpaired) electrons. The molecule has 1 aromatic rings. The molecule has 1 nitrogen and oxygen atoms in total. The van der Waals surface area contributed by atoms with E-state index in [9.17, 15) is 4.79 Å². The van der Waals surface area contributed by atoms with E-state index in [0.29, 0.717) is 12.3 Å². The maximum Gasteiger partial charge on any atom is 0.156 e. The molecule has 0 bridgehead atoms. The van der Waals surface area contributed by atoms with Gasteiger partial charge in [-0.25, -0.2) is 0 Å². The van der Waals surface area contributed by atoms with Crippen molar-refractivity contribution in [2.75, 3.05) is 0 Å². The van der Waals surface area contributed by atoms with Crippen molar-refractivity contribution in [2.24, 2.45) is 5.92 Å². The fourth-order valence-corrected chi connectivity index (χ4v) is 1.96. The number of rotatable bonds is 1. The zero-order valence-electron chi connectivity index (χ0n) is 8.36. The highest BCUT2D eigenvalue weighted by atomic mass is 16.1. The first-order chi connectivity index (χ1) is 6.75. The highest BCUT2D eigenvalue weighted by molar-refractivity contribution is 5.98. The Morgan fingerprint density at radius 2 is 1.86 bits per heavy atom. The normalized spacial score (nSPS) is 21.9. The van der Waals surface area contributed by atoms with Crippen LogP contribution in [0.3, 0.4) is 0 Å². The van der Waals surface area contributed by atoms with Crippen LogP contribution < -0.4 is 0 Å². The van der Waals surface area contributed by atoms with Gasteiger partial charge in [0.15, 0.2) is 5.78 Å². The summed E-state index contributed by atoms with van der Waals surface area (Å²) in [5.41, 5.74) is 2.38. The minimum absolute atomic E-state index is 0.266. The van der Waals surface area contributed by atoms with Gasteiger partial charge in [-0.1, -0.05) is 37.3 Å². The van der Waals surface area contributed by atoms with Crippen LogP contribution in [-0.2, 0) is 4.79 Å². The third-order valence-electron chi connectivity index (χ3n) is 2.60. The van der Waals surface area contributed by atoms with Crippen LogP contribution in [0.1, 0.15) is 25.3 Å². The topological polar surface area (TPSA) is 17.1 Å². The lowest BCUT2D eigenvalue weighted by Gasteiger charge is -2.18. The Morgan fingerprint density at radius 3 is 2.50 bits per heavy atom. The fraction of sp³-hybridized carbons (Fsp3) is 0.308. The summed E-state index contributed by atoms with van der Waals surface area (Å²) in [6, 6.07) is 10.2. The van der Waals surface area contributed by atoms with Crippen LogP contribution >= 0.6 is 0 Å². The standard InChI is InChI=1S/C13H14O/c1-10-7-12(9-13(14)8-10)11-5-3-2-4-6-11/h2-6,9-10H,7-8H2,1H3. The Balaban J connectivity index is 2.31. The van der Waals surface area contributed by atoms with E-state index in [1.807, 2.05) is 18.2 Å². The van der Waals surface area contributed by atoms with Crippen LogP contribution in [0.25, 0.3) is 5.57 Å². The van der Waals surface area contributed by atoms with E-state index in [2.05, 4.69) is 19.1 Å². The van der Waals surface area contributed by atoms with Crippen LogP contribution in [0.4, 0.5) is 0 Å². The molecule has 1 aromatic carbocycles. The Bertz CT molecular complexity index is 362. The summed E-state index contributed by atoms with van der Waals surface area (Å²) in [7, 11) is 0. The number of ketones is 1. The lowest BCUT2D eigenvalue weighted by atomic mass is 9.86. The smallest absolute Gasteiger partial charge is 0.156 e. The van der Waals surface area contributed by atoms with E-state index in [4.69, 9.17) is 0 Å². The summed E-state index contributed by atoms with van der Waals surface area (Å²) in [5, 5.41) is 0. The predicted molar refractivity (Wildman–Crippen MR) is 57.8 cm³/mol. The highest BCUT2D eigenvalue weighted by Crippen LogP contribution is 2.28. The van der Waals surface area contributed by atoms with E-state index in [0.717, 1.165) is 6.42 Å². The number of hydrogen-bond acceptors (Lipinski definition) is 1. The van der Waals surface area contributed by atoms with Crippen LogP contribution in [0.5, 0.6) is 0 Å². The minimum Gasteiger partial charge on any atom is -0.295 e. The van der Waals surface area contributed by atoms with Crippen molar-refractivity contribution in [3.05, 3.63) is 42.0 Å². The minimum atomic E-state index is 0.266. The van der Waals surface area contributed by atoms with Gasteiger partial charge in [0.25, 0.3) is 0 Å². The molecule has 1 heteroatoms. The molecule has 0 saturated heterocycles. The van der Waals surface area contributed by atoms with E-state index in [-0.39, 0.29) is 5.78 Å². The summed E-state index contributed by atoms with van der Waals surface area (Å²) in [6.07, 6.45) is 3.53. The number of benzene rings is 1. The van der Waals surface area contributed by atoms with Gasteiger partial charge in [0.1, 0.15) is 0 Å². The summed E-state index contributed by atoms with van der Waals surface area (Å²) in [5.74, 6) is 0.755. The molecule has 0 heterocycles. The second-order valence-corrected chi connectivity index (χ2v) is 4.02. The van der Waals surface area contributed by atoms with Crippen molar-refractivity contribution < 1.29 is 4.79 Å². The van der Waals surface area contributed by atoms with E-state index >= 15 is 0 Å². The Labute approximate surface area is 84.5 Å². The van der Waals surface area contributed by atoms with E-state index < -0.39 is 0 Å². The van der Waals surface area contributed by atoms with E-state index in [1.165, 1.54) is 11.1 Å². The molecular weight excluding hydrogens is 172 g/mol. The summed E-state index contributed by atoms with van der Waals surface area (Å²) < 4.78 is 0. The van der Waals surface area contributed by atoms with Crippen LogP contribution in [0.15, 0.2) is 36.4 Å². The van der Waals surface area contributed by atoms with Crippen molar-refractivity contribution in [1.82, 2.24) is 0 Å². The second-order valence-electron chi connectivity index (χ2n) is 4.02. The van der Waals surface area contributed by atoms with Crippen molar-refractivity contribution in [2.45, 2.75) is 19.8 Å². The molecule has 1 atom stereocenters. The van der Waals surface area contributed by atoms with Crippen molar-refractivity contribution in [3.8, 4) is 0 Å². The SMILES string of the molecule is CC1CC(=O)C=C(c2ccccc2)C1. The molecule has 0 aromatic heterocycles.